The number of anilines is 1. The van der Waals surface area contributed by atoms with Gasteiger partial charge in [0.25, 0.3) is 0 Å². The first-order valence-corrected chi connectivity index (χ1v) is 10.3. The largest absolute Gasteiger partial charge is 0.325 e. The Bertz CT molecular complexity index is 733. The third-order valence-corrected chi connectivity index (χ3v) is 5.29. The lowest BCUT2D eigenvalue weighted by molar-refractivity contribution is -0.129. The fourth-order valence-corrected chi connectivity index (χ4v) is 3.45. The Kier molecular flexibility index (Phi) is 7.25. The van der Waals surface area contributed by atoms with E-state index >= 15 is 0 Å². The Morgan fingerprint density at radius 1 is 1.22 bits per heavy atom. The van der Waals surface area contributed by atoms with E-state index in [1.54, 1.807) is 0 Å². The van der Waals surface area contributed by atoms with Crippen molar-refractivity contribution in [2.45, 2.75) is 47.0 Å². The zero-order valence-electron chi connectivity index (χ0n) is 16.5. The number of hydrogen-bond acceptors (Lipinski definition) is 4. The number of carbonyl (C=O) groups is 3. The molecule has 0 aliphatic carbocycles. The molecule has 2 amide bonds. The normalized spacial score (nSPS) is 16.1. The molecule has 2 rings (SSSR count). The number of thioether (sulfide) groups is 1. The molecule has 1 aliphatic heterocycles. The number of ketones is 1. The summed E-state index contributed by atoms with van der Waals surface area (Å²) in [4.78, 5) is 38.1. The highest BCUT2D eigenvalue weighted by Gasteiger charge is 2.30. The molecule has 0 spiro atoms. The molecule has 1 N–H and O–H groups in total. The molecule has 0 bridgehead atoms. The van der Waals surface area contributed by atoms with Crippen LogP contribution in [0.2, 0.25) is 0 Å². The minimum Gasteiger partial charge on any atom is -0.325 e. The molecule has 1 aromatic carbocycles. The molecule has 6 heteroatoms. The van der Waals surface area contributed by atoms with Gasteiger partial charge in [-0.1, -0.05) is 58.0 Å². The van der Waals surface area contributed by atoms with Gasteiger partial charge in [-0.15, -0.1) is 0 Å². The highest BCUT2D eigenvalue weighted by molar-refractivity contribution is 8.04. The highest BCUT2D eigenvalue weighted by atomic mass is 32.2. The van der Waals surface area contributed by atoms with Gasteiger partial charge in [0.15, 0.2) is 5.78 Å². The number of nitrogens with one attached hydrogen (secondary N) is 1. The Morgan fingerprint density at radius 2 is 1.89 bits per heavy atom. The van der Waals surface area contributed by atoms with Crippen molar-refractivity contribution in [3.05, 3.63) is 40.9 Å². The number of carbonyl (C=O) groups excluding carboxylic acids is 3. The summed E-state index contributed by atoms with van der Waals surface area (Å²) in [6.45, 7) is 7.55. The molecule has 1 aliphatic rings. The van der Waals surface area contributed by atoms with Gasteiger partial charge >= 0.3 is 0 Å². The number of unbranched alkanes of at least 4 members (excludes halogenated alkanes) is 1. The number of rotatable bonds is 7. The predicted octanol–water partition coefficient (Wildman–Crippen LogP) is 4.00. The van der Waals surface area contributed by atoms with Crippen LogP contribution in [0.4, 0.5) is 5.69 Å². The van der Waals surface area contributed by atoms with Crippen LogP contribution >= 0.6 is 11.8 Å². The minimum absolute atomic E-state index is 0.0622. The molecule has 0 aromatic heterocycles. The van der Waals surface area contributed by atoms with Crippen molar-refractivity contribution in [3.8, 4) is 0 Å². The molecule has 5 nitrogen and oxygen atoms in total. The van der Waals surface area contributed by atoms with Crippen LogP contribution in [-0.4, -0.2) is 34.8 Å². The van der Waals surface area contributed by atoms with Gasteiger partial charge in [-0.3, -0.25) is 19.3 Å². The van der Waals surface area contributed by atoms with Gasteiger partial charge in [0.05, 0.1) is 10.8 Å². The van der Waals surface area contributed by atoms with E-state index in [4.69, 9.17) is 0 Å². The molecular weight excluding hydrogens is 360 g/mol. The van der Waals surface area contributed by atoms with Crippen molar-refractivity contribution >= 4 is 35.0 Å². The van der Waals surface area contributed by atoms with Crippen molar-refractivity contribution in [2.24, 2.45) is 5.41 Å². The maximum Gasteiger partial charge on any atom is 0.244 e. The summed E-state index contributed by atoms with van der Waals surface area (Å²) in [5, 5.41) is 3.37. The number of allylic oxidation sites excluding steroid dienone is 1. The Labute approximate surface area is 165 Å². The number of aryl methyl sites for hydroxylation is 1. The van der Waals surface area contributed by atoms with E-state index in [-0.39, 0.29) is 29.9 Å². The van der Waals surface area contributed by atoms with Crippen LogP contribution in [0.15, 0.2) is 35.4 Å². The average molecular weight is 389 g/mol. The van der Waals surface area contributed by atoms with Crippen LogP contribution in [0.5, 0.6) is 0 Å². The SMILES string of the molecule is CCCCc1ccc(NC(=O)CN2C(=O)CS/C2=C\C(=O)C(C)(C)C)cc1. The van der Waals surface area contributed by atoms with E-state index < -0.39 is 5.41 Å². The summed E-state index contributed by atoms with van der Waals surface area (Å²) < 4.78 is 0. The quantitative estimate of drug-likeness (QED) is 0.717. The minimum atomic E-state index is -0.521. The van der Waals surface area contributed by atoms with Gasteiger partial charge in [0.1, 0.15) is 6.54 Å². The van der Waals surface area contributed by atoms with Gasteiger partial charge in [-0.05, 0) is 30.5 Å². The van der Waals surface area contributed by atoms with Crippen molar-refractivity contribution < 1.29 is 14.4 Å². The average Bonchev–Trinajstić information content (AvgIpc) is 2.93. The Morgan fingerprint density at radius 3 is 2.48 bits per heavy atom. The summed E-state index contributed by atoms with van der Waals surface area (Å²) in [6.07, 6.45) is 4.79. The molecular formula is C21H28N2O3S. The van der Waals surface area contributed by atoms with Gasteiger partial charge in [-0.25, -0.2) is 0 Å². The lowest BCUT2D eigenvalue weighted by atomic mass is 9.91. The second-order valence-electron chi connectivity index (χ2n) is 7.71. The zero-order chi connectivity index (χ0) is 20.0. The summed E-state index contributed by atoms with van der Waals surface area (Å²) in [7, 11) is 0. The number of nitrogens with zero attached hydrogens (tertiary/aromatic N) is 1. The molecule has 27 heavy (non-hydrogen) atoms. The van der Waals surface area contributed by atoms with E-state index in [9.17, 15) is 14.4 Å². The molecule has 1 heterocycles. The highest BCUT2D eigenvalue weighted by Crippen LogP contribution is 2.30. The van der Waals surface area contributed by atoms with E-state index in [0.29, 0.717) is 10.7 Å². The standard InChI is InChI=1S/C21H28N2O3S/c1-5-6-7-15-8-10-16(11-9-15)22-18(25)13-23-19(26)14-27-20(23)12-17(24)21(2,3)4/h8-12H,5-7,13-14H2,1-4H3,(H,22,25)/b20-12-. The van der Waals surface area contributed by atoms with Crippen LogP contribution in [0.3, 0.4) is 0 Å². The van der Waals surface area contributed by atoms with E-state index in [2.05, 4.69) is 12.2 Å². The molecule has 1 aromatic rings. The first-order valence-electron chi connectivity index (χ1n) is 9.29. The number of hydrogen-bond donors (Lipinski definition) is 1. The third kappa shape index (κ3) is 6.24. The van der Waals surface area contributed by atoms with E-state index in [1.807, 2.05) is 45.0 Å². The fraction of sp³-hybridized carbons (Fsp3) is 0.476. The van der Waals surface area contributed by atoms with E-state index in [0.717, 1.165) is 19.3 Å². The topological polar surface area (TPSA) is 66.5 Å². The molecule has 1 fully saturated rings. The smallest absolute Gasteiger partial charge is 0.244 e. The van der Waals surface area contributed by atoms with Crippen molar-refractivity contribution in [3.63, 3.8) is 0 Å². The maximum atomic E-state index is 12.4. The van der Waals surface area contributed by atoms with Gasteiger partial charge in [0, 0.05) is 17.2 Å². The Balaban J connectivity index is 1.99. The van der Waals surface area contributed by atoms with Crippen molar-refractivity contribution in [2.75, 3.05) is 17.6 Å². The molecule has 0 radical (unpaired) electrons. The summed E-state index contributed by atoms with van der Waals surface area (Å²) in [6, 6.07) is 7.78. The molecule has 146 valence electrons. The van der Waals surface area contributed by atoms with Crippen molar-refractivity contribution in [1.82, 2.24) is 4.90 Å². The second-order valence-corrected chi connectivity index (χ2v) is 8.71. The van der Waals surface area contributed by atoms with Crippen LogP contribution in [0.1, 0.15) is 46.1 Å². The van der Waals surface area contributed by atoms with Gasteiger partial charge in [-0.2, -0.15) is 0 Å². The molecule has 0 atom stereocenters. The first kappa shape index (κ1) is 21.2. The zero-order valence-corrected chi connectivity index (χ0v) is 17.3. The molecule has 1 saturated heterocycles. The number of benzene rings is 1. The van der Waals surface area contributed by atoms with Crippen LogP contribution < -0.4 is 5.32 Å². The molecule has 0 unspecified atom stereocenters. The third-order valence-electron chi connectivity index (χ3n) is 4.26. The van der Waals surface area contributed by atoms with Crippen LogP contribution in [-0.2, 0) is 20.8 Å². The Hall–Kier alpha value is -2.08. The summed E-state index contributed by atoms with van der Waals surface area (Å²) in [5.41, 5.74) is 1.43. The summed E-state index contributed by atoms with van der Waals surface area (Å²) in [5.74, 6) is -0.241. The van der Waals surface area contributed by atoms with Crippen LogP contribution in [0.25, 0.3) is 0 Å². The summed E-state index contributed by atoms with van der Waals surface area (Å²) >= 11 is 1.30. The first-order chi connectivity index (χ1) is 12.7. The van der Waals surface area contributed by atoms with Crippen molar-refractivity contribution in [1.29, 1.82) is 0 Å². The second kappa shape index (κ2) is 9.22. The van der Waals surface area contributed by atoms with Gasteiger partial charge < -0.3 is 5.32 Å². The monoisotopic (exact) mass is 388 g/mol. The molecule has 0 saturated carbocycles. The fourth-order valence-electron chi connectivity index (χ4n) is 2.51. The number of amides is 2. The van der Waals surface area contributed by atoms with E-state index in [1.165, 1.54) is 28.3 Å². The van der Waals surface area contributed by atoms with Crippen LogP contribution in [0, 0.1) is 5.41 Å². The lowest BCUT2D eigenvalue weighted by Crippen LogP contribution is -2.34. The van der Waals surface area contributed by atoms with Gasteiger partial charge in [0.2, 0.25) is 11.8 Å². The lowest BCUT2D eigenvalue weighted by Gasteiger charge is -2.19. The maximum absolute atomic E-state index is 12.4. The predicted molar refractivity (Wildman–Crippen MR) is 110 cm³/mol.